The molecule has 0 aromatic heterocycles. The predicted molar refractivity (Wildman–Crippen MR) is 70.0 cm³/mol. The molecule has 2 aliphatic rings. The van der Waals surface area contributed by atoms with E-state index in [2.05, 4.69) is 0 Å². The van der Waals surface area contributed by atoms with Gasteiger partial charge in [0, 0.05) is 18.5 Å². The zero-order valence-corrected chi connectivity index (χ0v) is 11.4. The largest absolute Gasteiger partial charge is 0.377 e. The van der Waals surface area contributed by atoms with Gasteiger partial charge in [-0.05, 0) is 18.8 Å². The Morgan fingerprint density at radius 2 is 2.05 bits per heavy atom. The summed E-state index contributed by atoms with van der Waals surface area (Å²) in [6.45, 7) is 3.12. The second kappa shape index (κ2) is 5.88. The van der Waals surface area contributed by atoms with Crippen molar-refractivity contribution in [2.75, 3.05) is 19.8 Å². The molecule has 2 rings (SSSR count). The fourth-order valence-electron chi connectivity index (χ4n) is 3.06. The molecule has 0 bridgehead atoms. The Morgan fingerprint density at radius 3 is 2.74 bits per heavy atom. The van der Waals surface area contributed by atoms with E-state index in [0.29, 0.717) is 13.2 Å². The van der Waals surface area contributed by atoms with Gasteiger partial charge in [-0.3, -0.25) is 9.59 Å². The predicted octanol–water partition coefficient (Wildman–Crippen LogP) is -0.537. The molecule has 1 aliphatic heterocycles. The normalized spacial score (nSPS) is 36.0. The first kappa shape index (κ1) is 14.3. The molecule has 1 aliphatic carbocycles. The van der Waals surface area contributed by atoms with Crippen molar-refractivity contribution in [3.8, 4) is 0 Å². The summed E-state index contributed by atoms with van der Waals surface area (Å²) >= 11 is 0. The lowest BCUT2D eigenvalue weighted by Gasteiger charge is -2.40. The van der Waals surface area contributed by atoms with Gasteiger partial charge in [-0.2, -0.15) is 0 Å². The molecule has 0 radical (unpaired) electrons. The topological polar surface area (TPSA) is 98.7 Å². The number of carbonyl (C=O) groups excluding carboxylic acids is 2. The van der Waals surface area contributed by atoms with E-state index in [-0.39, 0.29) is 30.4 Å². The maximum atomic E-state index is 12.6. The van der Waals surface area contributed by atoms with Crippen molar-refractivity contribution < 1.29 is 14.3 Å². The van der Waals surface area contributed by atoms with Crippen molar-refractivity contribution in [3.05, 3.63) is 0 Å². The quantitative estimate of drug-likeness (QED) is 0.703. The molecule has 2 fully saturated rings. The fourth-order valence-corrected chi connectivity index (χ4v) is 3.06. The van der Waals surface area contributed by atoms with Crippen LogP contribution in [0, 0.1) is 11.8 Å². The standard InChI is InChI=1S/C13H23N3O3/c1-8-9(3-2-4-10(8)14)13(18)16-5-6-19-7-11(16)12(15)17/h8-11H,2-7,14H2,1H3,(H2,15,17). The molecule has 6 heteroatoms. The number of rotatable bonds is 2. The lowest BCUT2D eigenvalue weighted by molar-refractivity contribution is -0.152. The van der Waals surface area contributed by atoms with Gasteiger partial charge in [0.15, 0.2) is 0 Å². The van der Waals surface area contributed by atoms with E-state index in [0.717, 1.165) is 19.3 Å². The van der Waals surface area contributed by atoms with Crippen molar-refractivity contribution in [1.29, 1.82) is 0 Å². The molecule has 1 saturated heterocycles. The number of nitrogens with two attached hydrogens (primary N) is 2. The first-order valence-corrected chi connectivity index (χ1v) is 6.95. The summed E-state index contributed by atoms with van der Waals surface area (Å²) in [5.74, 6) is -0.433. The van der Waals surface area contributed by atoms with Crippen molar-refractivity contribution >= 4 is 11.8 Å². The van der Waals surface area contributed by atoms with Crippen LogP contribution < -0.4 is 11.5 Å². The Hall–Kier alpha value is -1.14. The van der Waals surface area contributed by atoms with E-state index in [4.69, 9.17) is 16.2 Å². The highest BCUT2D eigenvalue weighted by Gasteiger charge is 2.39. The first-order chi connectivity index (χ1) is 9.02. The van der Waals surface area contributed by atoms with Crippen LogP contribution in [-0.4, -0.2) is 48.6 Å². The molecule has 6 nitrogen and oxygen atoms in total. The van der Waals surface area contributed by atoms with Crippen LogP contribution in [0.2, 0.25) is 0 Å². The number of nitrogens with zero attached hydrogens (tertiary/aromatic N) is 1. The summed E-state index contributed by atoms with van der Waals surface area (Å²) in [4.78, 5) is 25.6. The fraction of sp³-hybridized carbons (Fsp3) is 0.846. The van der Waals surface area contributed by atoms with Gasteiger partial charge in [-0.1, -0.05) is 13.3 Å². The lowest BCUT2D eigenvalue weighted by atomic mass is 9.76. The van der Waals surface area contributed by atoms with Crippen LogP contribution >= 0.6 is 0 Å². The number of morpholine rings is 1. The van der Waals surface area contributed by atoms with Crippen molar-refractivity contribution in [2.45, 2.75) is 38.3 Å². The Balaban J connectivity index is 2.10. The minimum atomic E-state index is -0.633. The zero-order valence-electron chi connectivity index (χ0n) is 11.4. The van der Waals surface area contributed by atoms with Crippen LogP contribution in [0.5, 0.6) is 0 Å². The van der Waals surface area contributed by atoms with E-state index in [1.807, 2.05) is 6.92 Å². The average molecular weight is 269 g/mol. The highest BCUT2D eigenvalue weighted by atomic mass is 16.5. The zero-order chi connectivity index (χ0) is 14.0. The number of hydrogen-bond acceptors (Lipinski definition) is 4. The molecule has 4 N–H and O–H groups in total. The molecule has 108 valence electrons. The Labute approximate surface area is 113 Å². The Bertz CT molecular complexity index is 361. The van der Waals surface area contributed by atoms with E-state index >= 15 is 0 Å². The van der Waals surface area contributed by atoms with Crippen molar-refractivity contribution in [1.82, 2.24) is 4.90 Å². The third-order valence-electron chi connectivity index (χ3n) is 4.42. The number of amides is 2. The lowest BCUT2D eigenvalue weighted by Crippen LogP contribution is -2.57. The van der Waals surface area contributed by atoms with Crippen LogP contribution in [0.4, 0.5) is 0 Å². The average Bonchev–Trinajstić information content (AvgIpc) is 2.41. The van der Waals surface area contributed by atoms with Gasteiger partial charge >= 0.3 is 0 Å². The van der Waals surface area contributed by atoms with Gasteiger partial charge in [0.05, 0.1) is 13.2 Å². The number of hydrogen-bond donors (Lipinski definition) is 2. The summed E-state index contributed by atoms with van der Waals surface area (Å²) in [6, 6.07) is -0.567. The summed E-state index contributed by atoms with van der Waals surface area (Å²) in [5, 5.41) is 0. The van der Waals surface area contributed by atoms with E-state index in [9.17, 15) is 9.59 Å². The molecule has 19 heavy (non-hydrogen) atoms. The van der Waals surface area contributed by atoms with Gasteiger partial charge < -0.3 is 21.1 Å². The number of ether oxygens (including phenoxy) is 1. The smallest absolute Gasteiger partial charge is 0.242 e. The van der Waals surface area contributed by atoms with Gasteiger partial charge in [0.1, 0.15) is 6.04 Å². The Kier molecular flexibility index (Phi) is 4.42. The number of primary amides is 1. The van der Waals surface area contributed by atoms with Crippen LogP contribution in [0.15, 0.2) is 0 Å². The molecule has 2 amide bonds. The third-order valence-corrected chi connectivity index (χ3v) is 4.42. The summed E-state index contributed by atoms with van der Waals surface area (Å²) in [5.41, 5.74) is 11.4. The molecule has 4 unspecified atom stereocenters. The summed E-state index contributed by atoms with van der Waals surface area (Å²) in [7, 11) is 0. The van der Waals surface area contributed by atoms with E-state index < -0.39 is 11.9 Å². The molecule has 0 aromatic carbocycles. The van der Waals surface area contributed by atoms with Crippen LogP contribution in [0.3, 0.4) is 0 Å². The second-order valence-electron chi connectivity index (χ2n) is 5.59. The molecule has 0 spiro atoms. The first-order valence-electron chi connectivity index (χ1n) is 6.95. The van der Waals surface area contributed by atoms with Crippen LogP contribution in [0.25, 0.3) is 0 Å². The van der Waals surface area contributed by atoms with Crippen LogP contribution in [0.1, 0.15) is 26.2 Å². The molecule has 0 aromatic rings. The van der Waals surface area contributed by atoms with E-state index in [1.165, 1.54) is 0 Å². The SMILES string of the molecule is CC1C(N)CCCC1C(=O)N1CCOCC1C(N)=O. The minimum absolute atomic E-state index is 0.00903. The minimum Gasteiger partial charge on any atom is -0.377 e. The summed E-state index contributed by atoms with van der Waals surface area (Å²) < 4.78 is 5.24. The van der Waals surface area contributed by atoms with Crippen molar-refractivity contribution in [2.24, 2.45) is 23.3 Å². The Morgan fingerprint density at radius 1 is 1.32 bits per heavy atom. The highest BCUT2D eigenvalue weighted by molar-refractivity contribution is 5.88. The molecule has 1 saturated carbocycles. The van der Waals surface area contributed by atoms with Gasteiger partial charge in [0.2, 0.25) is 11.8 Å². The van der Waals surface area contributed by atoms with Gasteiger partial charge in [-0.25, -0.2) is 0 Å². The maximum absolute atomic E-state index is 12.6. The van der Waals surface area contributed by atoms with Gasteiger partial charge in [0.25, 0.3) is 0 Å². The maximum Gasteiger partial charge on any atom is 0.242 e. The monoisotopic (exact) mass is 269 g/mol. The highest BCUT2D eigenvalue weighted by Crippen LogP contribution is 2.31. The summed E-state index contributed by atoms with van der Waals surface area (Å²) in [6.07, 6.45) is 2.78. The molecular formula is C13H23N3O3. The van der Waals surface area contributed by atoms with Crippen LogP contribution in [-0.2, 0) is 14.3 Å². The van der Waals surface area contributed by atoms with Gasteiger partial charge in [-0.15, -0.1) is 0 Å². The molecular weight excluding hydrogens is 246 g/mol. The molecule has 1 heterocycles. The number of carbonyl (C=O) groups is 2. The van der Waals surface area contributed by atoms with E-state index in [1.54, 1.807) is 4.90 Å². The third kappa shape index (κ3) is 2.90. The molecule has 4 atom stereocenters. The van der Waals surface area contributed by atoms with Crippen molar-refractivity contribution in [3.63, 3.8) is 0 Å². The second-order valence-corrected chi connectivity index (χ2v) is 5.59.